The Hall–Kier alpha value is -4.00. The second-order valence-electron chi connectivity index (χ2n) is 7.63. The van der Waals surface area contributed by atoms with Crippen LogP contribution in [0.15, 0.2) is 66.7 Å². The molecule has 0 fully saturated rings. The molecule has 0 radical (unpaired) electrons. The highest BCUT2D eigenvalue weighted by molar-refractivity contribution is 6.06. The fourth-order valence-corrected chi connectivity index (χ4v) is 4.23. The van der Waals surface area contributed by atoms with Gasteiger partial charge < -0.3 is 24.3 Å². The number of nitrogens with zero attached hydrogens (tertiary/aromatic N) is 3. The third-order valence-corrected chi connectivity index (χ3v) is 5.79. The standard InChI is InChI=1S/C25H24N4O3/c1-31-22-9-5-3-7-18(22)25(30)26-17-11-12-20-19(15-17)27-24-16-28(13-14-29(20)24)21-8-4-6-10-23(21)32-2/h3-12,15H,13-14,16H2,1-2H3,(H,26,30). The van der Waals surface area contributed by atoms with E-state index in [9.17, 15) is 4.79 Å². The molecule has 3 aromatic carbocycles. The van der Waals surface area contributed by atoms with Crippen molar-refractivity contribution in [3.05, 3.63) is 78.1 Å². The van der Waals surface area contributed by atoms with Gasteiger partial charge in [0.15, 0.2) is 0 Å². The Morgan fingerprint density at radius 3 is 2.50 bits per heavy atom. The summed E-state index contributed by atoms with van der Waals surface area (Å²) < 4.78 is 13.1. The average molecular weight is 428 g/mol. The minimum atomic E-state index is -0.215. The number of para-hydroxylation sites is 3. The van der Waals surface area contributed by atoms with Crippen molar-refractivity contribution in [1.82, 2.24) is 9.55 Å². The van der Waals surface area contributed by atoms with E-state index in [0.717, 1.165) is 41.4 Å². The minimum Gasteiger partial charge on any atom is -0.496 e. The van der Waals surface area contributed by atoms with Crippen molar-refractivity contribution in [2.24, 2.45) is 0 Å². The summed E-state index contributed by atoms with van der Waals surface area (Å²) in [6, 6.07) is 21.1. The Bertz CT molecular complexity index is 1300. The molecular weight excluding hydrogens is 404 g/mol. The zero-order valence-electron chi connectivity index (χ0n) is 18.0. The highest BCUT2D eigenvalue weighted by atomic mass is 16.5. The zero-order chi connectivity index (χ0) is 22.1. The number of aromatic nitrogens is 2. The molecule has 0 aliphatic carbocycles. The van der Waals surface area contributed by atoms with Crippen LogP contribution in [0.1, 0.15) is 16.2 Å². The number of amides is 1. The molecule has 0 unspecified atom stereocenters. The maximum absolute atomic E-state index is 12.7. The number of carbonyl (C=O) groups is 1. The van der Waals surface area contributed by atoms with Crippen molar-refractivity contribution in [2.75, 3.05) is 31.0 Å². The van der Waals surface area contributed by atoms with Crippen molar-refractivity contribution in [3.63, 3.8) is 0 Å². The van der Waals surface area contributed by atoms with Gasteiger partial charge in [-0.3, -0.25) is 4.79 Å². The van der Waals surface area contributed by atoms with Crippen LogP contribution in [0.2, 0.25) is 0 Å². The summed E-state index contributed by atoms with van der Waals surface area (Å²) in [4.78, 5) is 19.9. The van der Waals surface area contributed by atoms with Crippen LogP contribution in [-0.2, 0) is 13.1 Å². The van der Waals surface area contributed by atoms with Crippen molar-refractivity contribution in [2.45, 2.75) is 13.1 Å². The molecule has 0 atom stereocenters. The van der Waals surface area contributed by atoms with Gasteiger partial charge in [-0.05, 0) is 42.5 Å². The van der Waals surface area contributed by atoms with E-state index in [-0.39, 0.29) is 5.91 Å². The molecule has 1 aliphatic rings. The molecule has 2 heterocycles. The van der Waals surface area contributed by atoms with Gasteiger partial charge in [0, 0.05) is 18.8 Å². The van der Waals surface area contributed by atoms with Crippen LogP contribution < -0.4 is 19.7 Å². The van der Waals surface area contributed by atoms with Gasteiger partial charge in [0.1, 0.15) is 17.3 Å². The molecule has 0 spiro atoms. The highest BCUT2D eigenvalue weighted by Gasteiger charge is 2.22. The van der Waals surface area contributed by atoms with E-state index in [2.05, 4.69) is 20.9 Å². The SMILES string of the molecule is COc1ccccc1C(=O)Nc1ccc2c(c1)nc1n2CCN(c2ccccc2OC)C1. The summed E-state index contributed by atoms with van der Waals surface area (Å²) in [5.74, 6) is 2.18. The molecule has 1 amide bonds. The third-order valence-electron chi connectivity index (χ3n) is 5.79. The Morgan fingerprint density at radius 1 is 0.938 bits per heavy atom. The van der Waals surface area contributed by atoms with Gasteiger partial charge in [-0.2, -0.15) is 0 Å². The summed E-state index contributed by atoms with van der Waals surface area (Å²) in [6.45, 7) is 2.39. The van der Waals surface area contributed by atoms with Crippen LogP contribution in [0, 0.1) is 0 Å². The number of benzene rings is 3. The second-order valence-corrected chi connectivity index (χ2v) is 7.63. The Kier molecular flexibility index (Phi) is 5.15. The van der Waals surface area contributed by atoms with Crippen molar-refractivity contribution in [3.8, 4) is 11.5 Å². The fraction of sp³-hybridized carbons (Fsp3) is 0.200. The van der Waals surface area contributed by atoms with E-state index in [4.69, 9.17) is 14.5 Å². The maximum Gasteiger partial charge on any atom is 0.259 e. The monoisotopic (exact) mass is 428 g/mol. The third kappa shape index (κ3) is 3.51. The Labute approximate surface area is 186 Å². The minimum absolute atomic E-state index is 0.215. The van der Waals surface area contributed by atoms with Gasteiger partial charge in [-0.25, -0.2) is 4.98 Å². The Morgan fingerprint density at radius 2 is 1.69 bits per heavy atom. The molecule has 32 heavy (non-hydrogen) atoms. The zero-order valence-corrected chi connectivity index (χ0v) is 18.0. The van der Waals surface area contributed by atoms with Crippen LogP contribution in [0.5, 0.6) is 11.5 Å². The average Bonchev–Trinajstić information content (AvgIpc) is 3.20. The smallest absolute Gasteiger partial charge is 0.259 e. The van der Waals surface area contributed by atoms with Gasteiger partial charge in [0.05, 0.1) is 43.0 Å². The highest BCUT2D eigenvalue weighted by Crippen LogP contribution is 2.32. The topological polar surface area (TPSA) is 68.6 Å². The molecule has 0 bridgehead atoms. The molecule has 7 heteroatoms. The molecule has 4 aromatic rings. The van der Waals surface area contributed by atoms with Crippen LogP contribution in [0.3, 0.4) is 0 Å². The molecular formula is C25H24N4O3. The first-order valence-corrected chi connectivity index (χ1v) is 10.5. The van der Waals surface area contributed by atoms with E-state index >= 15 is 0 Å². The van der Waals surface area contributed by atoms with Gasteiger partial charge in [-0.15, -0.1) is 0 Å². The maximum atomic E-state index is 12.7. The predicted octanol–water partition coefficient (Wildman–Crippen LogP) is 4.33. The van der Waals surface area contributed by atoms with Gasteiger partial charge in [0.2, 0.25) is 0 Å². The van der Waals surface area contributed by atoms with Gasteiger partial charge >= 0.3 is 0 Å². The van der Waals surface area contributed by atoms with E-state index in [0.29, 0.717) is 23.5 Å². The molecule has 0 saturated carbocycles. The predicted molar refractivity (Wildman–Crippen MR) is 125 cm³/mol. The number of rotatable bonds is 5. The summed E-state index contributed by atoms with van der Waals surface area (Å²) in [5.41, 5.74) is 4.19. The molecule has 1 N–H and O–H groups in total. The van der Waals surface area contributed by atoms with E-state index in [1.165, 1.54) is 0 Å². The molecule has 7 nitrogen and oxygen atoms in total. The second kappa shape index (κ2) is 8.26. The van der Waals surface area contributed by atoms with Crippen molar-refractivity contribution >= 4 is 28.3 Å². The molecule has 0 saturated heterocycles. The summed E-state index contributed by atoms with van der Waals surface area (Å²) >= 11 is 0. The number of anilines is 2. The normalized spacial score (nSPS) is 13.0. The number of hydrogen-bond acceptors (Lipinski definition) is 5. The molecule has 162 valence electrons. The van der Waals surface area contributed by atoms with E-state index < -0.39 is 0 Å². The van der Waals surface area contributed by atoms with Gasteiger partial charge in [0.25, 0.3) is 5.91 Å². The molecule has 5 rings (SSSR count). The van der Waals surface area contributed by atoms with Crippen LogP contribution in [-0.4, -0.2) is 36.2 Å². The summed E-state index contributed by atoms with van der Waals surface area (Å²) in [6.07, 6.45) is 0. The number of ether oxygens (including phenoxy) is 2. The lowest BCUT2D eigenvalue weighted by Crippen LogP contribution is -2.33. The first kappa shape index (κ1) is 19.9. The molecule has 1 aliphatic heterocycles. The Balaban J connectivity index is 1.41. The van der Waals surface area contributed by atoms with Gasteiger partial charge in [-0.1, -0.05) is 24.3 Å². The van der Waals surface area contributed by atoms with Crippen molar-refractivity contribution < 1.29 is 14.3 Å². The largest absolute Gasteiger partial charge is 0.496 e. The van der Waals surface area contributed by atoms with Crippen LogP contribution in [0.4, 0.5) is 11.4 Å². The first-order valence-electron chi connectivity index (χ1n) is 10.5. The molecule has 1 aromatic heterocycles. The fourth-order valence-electron chi connectivity index (χ4n) is 4.23. The van der Waals surface area contributed by atoms with E-state index in [1.54, 1.807) is 26.4 Å². The van der Waals surface area contributed by atoms with Crippen LogP contribution >= 0.6 is 0 Å². The number of carbonyl (C=O) groups excluding carboxylic acids is 1. The van der Waals surface area contributed by atoms with E-state index in [1.807, 2.05) is 48.5 Å². The lowest BCUT2D eigenvalue weighted by Gasteiger charge is -2.30. The number of nitrogens with one attached hydrogen (secondary N) is 1. The number of imidazole rings is 1. The summed E-state index contributed by atoms with van der Waals surface area (Å²) in [7, 11) is 3.25. The number of hydrogen-bond donors (Lipinski definition) is 1. The summed E-state index contributed by atoms with van der Waals surface area (Å²) in [5, 5.41) is 2.96. The number of methoxy groups -OCH3 is 2. The van der Waals surface area contributed by atoms with Crippen molar-refractivity contribution in [1.29, 1.82) is 0 Å². The first-order chi connectivity index (χ1) is 15.7. The van der Waals surface area contributed by atoms with Crippen LogP contribution in [0.25, 0.3) is 11.0 Å². The quantitative estimate of drug-likeness (QED) is 0.513. The lowest BCUT2D eigenvalue weighted by molar-refractivity contribution is 0.102. The lowest BCUT2D eigenvalue weighted by atomic mass is 10.2. The number of fused-ring (bicyclic) bond motifs is 3.